The number of hydrogen-bond donors (Lipinski definition) is 0. The van der Waals surface area contributed by atoms with Crippen LogP contribution in [0.2, 0.25) is 0 Å². The lowest BCUT2D eigenvalue weighted by Crippen LogP contribution is -1.67. The highest BCUT2D eigenvalue weighted by molar-refractivity contribution is 7.10. The highest BCUT2D eigenvalue weighted by atomic mass is 32.1. The molecule has 0 amide bonds. The molecule has 2 heterocycles. The van der Waals surface area contributed by atoms with Crippen molar-refractivity contribution < 1.29 is 0 Å². The second-order valence-electron chi connectivity index (χ2n) is 3.14. The summed E-state index contributed by atoms with van der Waals surface area (Å²) in [6.45, 7) is 4.20. The van der Waals surface area contributed by atoms with E-state index in [2.05, 4.69) is 48.6 Å². The van der Waals surface area contributed by atoms with Gasteiger partial charge in [-0.25, -0.2) is 0 Å². The third-order valence-corrected chi connectivity index (χ3v) is 3.54. The lowest BCUT2D eigenvalue weighted by Gasteiger charge is -1.78. The molecule has 0 nitrogen and oxygen atoms in total. The molecule has 14 heavy (non-hydrogen) atoms. The molecule has 0 N–H and O–H groups in total. The van der Waals surface area contributed by atoms with Crippen molar-refractivity contribution in [3.63, 3.8) is 0 Å². The van der Waals surface area contributed by atoms with E-state index in [-0.39, 0.29) is 0 Å². The fraction of sp³-hybridized carbons (Fsp3) is 0.167. The van der Waals surface area contributed by atoms with Crippen LogP contribution in [-0.2, 0) is 0 Å². The van der Waals surface area contributed by atoms with Crippen LogP contribution in [0, 0.1) is 25.7 Å². The van der Waals surface area contributed by atoms with Gasteiger partial charge in [-0.1, -0.05) is 11.8 Å². The highest BCUT2D eigenvalue weighted by Crippen LogP contribution is 2.14. The average Bonchev–Trinajstić information content (AvgIpc) is 2.72. The van der Waals surface area contributed by atoms with E-state index in [1.807, 2.05) is 0 Å². The Kier molecular flexibility index (Phi) is 2.72. The molecule has 0 unspecified atom stereocenters. The van der Waals surface area contributed by atoms with Gasteiger partial charge in [0.1, 0.15) is 0 Å². The number of aryl methyl sites for hydroxylation is 2. The topological polar surface area (TPSA) is 0 Å². The summed E-state index contributed by atoms with van der Waals surface area (Å²) in [4.78, 5) is 2.63. The van der Waals surface area contributed by atoms with E-state index >= 15 is 0 Å². The largest absolute Gasteiger partial charge is 0.148 e. The average molecular weight is 218 g/mol. The minimum atomic E-state index is 1.12. The maximum Gasteiger partial charge on any atom is 0.0358 e. The van der Waals surface area contributed by atoms with Gasteiger partial charge in [0, 0.05) is 31.6 Å². The summed E-state index contributed by atoms with van der Waals surface area (Å²) in [5.74, 6) is 6.32. The molecule has 70 valence electrons. The van der Waals surface area contributed by atoms with Crippen LogP contribution in [0.15, 0.2) is 22.9 Å². The van der Waals surface area contributed by atoms with Gasteiger partial charge in [0.25, 0.3) is 0 Å². The Morgan fingerprint density at radius 2 is 1.29 bits per heavy atom. The molecule has 2 aromatic rings. The molecular weight excluding hydrogens is 208 g/mol. The molecule has 2 aromatic heterocycles. The third-order valence-electron chi connectivity index (χ3n) is 1.81. The van der Waals surface area contributed by atoms with Crippen LogP contribution in [-0.4, -0.2) is 0 Å². The third kappa shape index (κ3) is 2.25. The van der Waals surface area contributed by atoms with Crippen LogP contribution >= 0.6 is 22.7 Å². The molecule has 0 aliphatic carbocycles. The van der Waals surface area contributed by atoms with Gasteiger partial charge in [-0.2, -0.15) is 0 Å². The maximum absolute atomic E-state index is 3.16. The second kappa shape index (κ2) is 4.00. The summed E-state index contributed by atoms with van der Waals surface area (Å²) in [7, 11) is 0. The second-order valence-corrected chi connectivity index (χ2v) is 5.37. The molecule has 0 spiro atoms. The van der Waals surface area contributed by atoms with Gasteiger partial charge >= 0.3 is 0 Å². The first-order chi connectivity index (χ1) is 6.74. The SMILES string of the molecule is Cc1cc(C#Cc2csc(C)c2)cs1. The molecule has 0 saturated carbocycles. The van der Waals surface area contributed by atoms with E-state index in [1.54, 1.807) is 22.7 Å². The van der Waals surface area contributed by atoms with Crippen molar-refractivity contribution in [3.8, 4) is 11.8 Å². The molecule has 0 aliphatic rings. The van der Waals surface area contributed by atoms with E-state index in [0.717, 1.165) is 11.1 Å². The van der Waals surface area contributed by atoms with Crippen molar-refractivity contribution in [1.82, 2.24) is 0 Å². The van der Waals surface area contributed by atoms with Crippen LogP contribution in [0.3, 0.4) is 0 Å². The molecule has 2 heteroatoms. The molecule has 0 atom stereocenters. The van der Waals surface area contributed by atoms with Crippen LogP contribution in [0.25, 0.3) is 0 Å². The minimum Gasteiger partial charge on any atom is -0.148 e. The van der Waals surface area contributed by atoms with E-state index in [1.165, 1.54) is 9.75 Å². The van der Waals surface area contributed by atoms with Crippen molar-refractivity contribution in [1.29, 1.82) is 0 Å². The van der Waals surface area contributed by atoms with Gasteiger partial charge in [0.15, 0.2) is 0 Å². The van der Waals surface area contributed by atoms with E-state index in [9.17, 15) is 0 Å². The van der Waals surface area contributed by atoms with Crippen LogP contribution in [0.4, 0.5) is 0 Å². The smallest absolute Gasteiger partial charge is 0.0358 e. The standard InChI is InChI=1S/C12H10S2/c1-9-5-11(7-13-9)3-4-12-6-10(2)14-8-12/h5-8H,1-2H3. The van der Waals surface area contributed by atoms with Crippen molar-refractivity contribution >= 4 is 22.7 Å². The Morgan fingerprint density at radius 1 is 0.857 bits per heavy atom. The van der Waals surface area contributed by atoms with Gasteiger partial charge < -0.3 is 0 Å². The number of hydrogen-bond acceptors (Lipinski definition) is 2. The van der Waals surface area contributed by atoms with Gasteiger partial charge in [-0.05, 0) is 26.0 Å². The summed E-state index contributed by atoms with van der Waals surface area (Å²) in [5, 5.41) is 4.20. The lowest BCUT2D eigenvalue weighted by atomic mass is 10.2. The fourth-order valence-electron chi connectivity index (χ4n) is 1.16. The predicted octanol–water partition coefficient (Wildman–Crippen LogP) is 3.83. The van der Waals surface area contributed by atoms with E-state index in [0.29, 0.717) is 0 Å². The summed E-state index contributed by atoms with van der Waals surface area (Å²) in [6.07, 6.45) is 0. The number of rotatable bonds is 0. The molecule has 0 radical (unpaired) electrons. The Labute approximate surface area is 92.2 Å². The monoisotopic (exact) mass is 218 g/mol. The Morgan fingerprint density at radius 3 is 1.57 bits per heavy atom. The quantitative estimate of drug-likeness (QED) is 0.590. The summed E-state index contributed by atoms with van der Waals surface area (Å²) >= 11 is 3.49. The van der Waals surface area contributed by atoms with E-state index in [4.69, 9.17) is 0 Å². The zero-order chi connectivity index (χ0) is 9.97. The summed E-state index contributed by atoms with van der Waals surface area (Å²) in [6, 6.07) is 4.24. The lowest BCUT2D eigenvalue weighted by molar-refractivity contribution is 1.61. The van der Waals surface area contributed by atoms with Gasteiger partial charge in [0.05, 0.1) is 0 Å². The Hall–Kier alpha value is -1.04. The summed E-state index contributed by atoms with van der Waals surface area (Å²) < 4.78 is 0. The van der Waals surface area contributed by atoms with Crippen LogP contribution < -0.4 is 0 Å². The normalized spacial score (nSPS) is 9.57. The van der Waals surface area contributed by atoms with Crippen LogP contribution in [0.1, 0.15) is 20.9 Å². The van der Waals surface area contributed by atoms with Crippen LogP contribution in [0.5, 0.6) is 0 Å². The Balaban J connectivity index is 2.22. The van der Waals surface area contributed by atoms with Crippen molar-refractivity contribution in [2.45, 2.75) is 13.8 Å². The first-order valence-electron chi connectivity index (χ1n) is 4.36. The maximum atomic E-state index is 3.16. The van der Waals surface area contributed by atoms with Gasteiger partial charge in [-0.15, -0.1) is 22.7 Å². The molecule has 0 fully saturated rings. The molecule has 2 rings (SSSR count). The van der Waals surface area contributed by atoms with Crippen molar-refractivity contribution in [2.75, 3.05) is 0 Å². The molecule has 0 saturated heterocycles. The fourth-order valence-corrected chi connectivity index (χ4v) is 2.43. The predicted molar refractivity (Wildman–Crippen MR) is 64.1 cm³/mol. The summed E-state index contributed by atoms with van der Waals surface area (Å²) in [5.41, 5.74) is 2.24. The number of thiophene rings is 2. The zero-order valence-electron chi connectivity index (χ0n) is 8.13. The van der Waals surface area contributed by atoms with Crippen molar-refractivity contribution in [2.24, 2.45) is 0 Å². The zero-order valence-corrected chi connectivity index (χ0v) is 9.76. The van der Waals surface area contributed by atoms with Gasteiger partial charge in [0.2, 0.25) is 0 Å². The van der Waals surface area contributed by atoms with Crippen molar-refractivity contribution in [3.05, 3.63) is 43.8 Å². The first-order valence-corrected chi connectivity index (χ1v) is 6.12. The molecule has 0 aliphatic heterocycles. The first kappa shape index (κ1) is 9.51. The molecular formula is C12H10S2. The molecule has 0 aromatic carbocycles. The minimum absolute atomic E-state index is 1.12. The Bertz CT molecular complexity index is 447. The van der Waals surface area contributed by atoms with E-state index < -0.39 is 0 Å². The highest BCUT2D eigenvalue weighted by Gasteiger charge is 1.92. The molecule has 0 bridgehead atoms. The van der Waals surface area contributed by atoms with Gasteiger partial charge in [-0.3, -0.25) is 0 Å².